The van der Waals surface area contributed by atoms with Crippen molar-refractivity contribution >= 4 is 11.5 Å². The second-order valence-corrected chi connectivity index (χ2v) is 8.04. The third-order valence-corrected chi connectivity index (χ3v) is 6.08. The Labute approximate surface area is 167 Å². The number of hydrogen-bond donors (Lipinski definition) is 1. The van der Waals surface area contributed by atoms with Crippen LogP contribution in [0.5, 0.6) is 0 Å². The molecule has 0 bridgehead atoms. The van der Waals surface area contributed by atoms with Gasteiger partial charge in [0.05, 0.1) is 5.69 Å². The van der Waals surface area contributed by atoms with Crippen LogP contribution in [-0.2, 0) is 19.9 Å². The fourth-order valence-corrected chi connectivity index (χ4v) is 4.45. The van der Waals surface area contributed by atoms with Crippen molar-refractivity contribution in [3.05, 3.63) is 41.3 Å². The van der Waals surface area contributed by atoms with Gasteiger partial charge in [-0.1, -0.05) is 0 Å². The molecule has 0 unspecified atom stereocenters. The van der Waals surface area contributed by atoms with Gasteiger partial charge in [0.15, 0.2) is 0 Å². The number of halogens is 1. The molecule has 1 N–H and O–H groups in total. The minimum Gasteiger partial charge on any atom is -0.370 e. The summed E-state index contributed by atoms with van der Waals surface area (Å²) in [6, 6.07) is 6.86. The number of benzene rings is 1. The highest BCUT2D eigenvalue weighted by molar-refractivity contribution is 5.49. The van der Waals surface area contributed by atoms with Gasteiger partial charge in [0.2, 0.25) is 0 Å². The molecule has 28 heavy (non-hydrogen) atoms. The molecular formula is C22H32FN5. The number of nitrogens with zero attached hydrogens (tertiary/aromatic N) is 4. The van der Waals surface area contributed by atoms with E-state index in [1.165, 1.54) is 49.2 Å². The lowest BCUT2D eigenvalue weighted by atomic mass is 9.97. The average Bonchev–Trinajstić information content (AvgIpc) is 3.04. The average molecular weight is 386 g/mol. The van der Waals surface area contributed by atoms with E-state index in [4.69, 9.17) is 0 Å². The lowest BCUT2D eigenvalue weighted by molar-refractivity contribution is 0.254. The molecule has 5 nitrogen and oxygen atoms in total. The van der Waals surface area contributed by atoms with Crippen LogP contribution in [0.1, 0.15) is 36.9 Å². The lowest BCUT2D eigenvalue weighted by Crippen LogP contribution is -2.46. The third kappa shape index (κ3) is 4.49. The number of anilines is 2. The van der Waals surface area contributed by atoms with Crippen LogP contribution in [-0.4, -0.2) is 53.9 Å². The van der Waals surface area contributed by atoms with Crippen molar-refractivity contribution in [3.63, 3.8) is 0 Å². The van der Waals surface area contributed by atoms with Gasteiger partial charge in [-0.25, -0.2) is 4.39 Å². The highest BCUT2D eigenvalue weighted by Gasteiger charge is 2.19. The number of hydrogen-bond acceptors (Lipinski definition) is 4. The summed E-state index contributed by atoms with van der Waals surface area (Å²) in [5.41, 5.74) is 3.88. The van der Waals surface area contributed by atoms with E-state index in [-0.39, 0.29) is 5.82 Å². The van der Waals surface area contributed by atoms with Crippen LogP contribution in [0.2, 0.25) is 0 Å². The van der Waals surface area contributed by atoms with Gasteiger partial charge in [-0.2, -0.15) is 5.10 Å². The Hall–Kier alpha value is -2.08. The van der Waals surface area contributed by atoms with E-state index in [9.17, 15) is 4.39 Å². The minimum absolute atomic E-state index is 0.164. The summed E-state index contributed by atoms with van der Waals surface area (Å²) in [5, 5.41) is 8.32. The normalized spacial score (nSPS) is 17.6. The number of aromatic nitrogens is 2. The molecule has 0 spiro atoms. The van der Waals surface area contributed by atoms with Crippen molar-refractivity contribution in [1.29, 1.82) is 0 Å². The maximum Gasteiger partial charge on any atom is 0.127 e. The van der Waals surface area contributed by atoms with E-state index in [2.05, 4.69) is 27.3 Å². The van der Waals surface area contributed by atoms with Gasteiger partial charge in [-0.15, -0.1) is 0 Å². The SMILES string of the molecule is Cn1nc2c(c1NCCCCN1CCN(c3ccc(F)cc3)CC1)CCCC2. The first-order valence-electron chi connectivity index (χ1n) is 10.7. The first kappa shape index (κ1) is 19.2. The molecule has 0 saturated carbocycles. The van der Waals surface area contributed by atoms with Gasteiger partial charge in [-0.05, 0) is 69.3 Å². The van der Waals surface area contributed by atoms with E-state index >= 15 is 0 Å². The minimum atomic E-state index is -0.164. The summed E-state index contributed by atoms with van der Waals surface area (Å²) >= 11 is 0. The van der Waals surface area contributed by atoms with Crippen LogP contribution in [0, 0.1) is 5.82 Å². The summed E-state index contributed by atoms with van der Waals surface area (Å²) in [7, 11) is 2.06. The quantitative estimate of drug-likeness (QED) is 0.741. The van der Waals surface area contributed by atoms with E-state index in [1.54, 1.807) is 12.1 Å². The topological polar surface area (TPSA) is 36.3 Å². The van der Waals surface area contributed by atoms with Crippen molar-refractivity contribution in [1.82, 2.24) is 14.7 Å². The zero-order chi connectivity index (χ0) is 19.3. The Kier molecular flexibility index (Phi) is 6.15. The summed E-state index contributed by atoms with van der Waals surface area (Å²) < 4.78 is 15.1. The number of aryl methyl sites for hydroxylation is 2. The predicted molar refractivity (Wildman–Crippen MR) is 113 cm³/mol. The molecule has 2 aromatic rings. The second-order valence-electron chi connectivity index (χ2n) is 8.04. The van der Waals surface area contributed by atoms with E-state index < -0.39 is 0 Å². The van der Waals surface area contributed by atoms with Gasteiger partial charge in [0.25, 0.3) is 0 Å². The number of fused-ring (bicyclic) bond motifs is 1. The molecule has 4 rings (SSSR count). The van der Waals surface area contributed by atoms with Crippen LogP contribution in [0.3, 0.4) is 0 Å². The third-order valence-electron chi connectivity index (χ3n) is 6.08. The van der Waals surface area contributed by atoms with Crippen molar-refractivity contribution in [2.75, 3.05) is 49.5 Å². The Morgan fingerprint density at radius 1 is 1.00 bits per heavy atom. The molecule has 2 aliphatic rings. The monoisotopic (exact) mass is 385 g/mol. The highest BCUT2D eigenvalue weighted by Crippen LogP contribution is 2.27. The summed E-state index contributed by atoms with van der Waals surface area (Å²) in [6.07, 6.45) is 7.26. The maximum atomic E-state index is 13.1. The summed E-state index contributed by atoms with van der Waals surface area (Å²) in [5.74, 6) is 1.07. The summed E-state index contributed by atoms with van der Waals surface area (Å²) in [4.78, 5) is 4.90. The number of unbranched alkanes of at least 4 members (excludes halogenated alkanes) is 1. The molecule has 0 atom stereocenters. The van der Waals surface area contributed by atoms with E-state index in [0.29, 0.717) is 0 Å². The number of nitrogens with one attached hydrogen (secondary N) is 1. The molecule has 0 amide bonds. The Balaban J connectivity index is 1.15. The Morgan fingerprint density at radius 3 is 2.54 bits per heavy atom. The molecule has 152 valence electrons. The first-order chi connectivity index (χ1) is 13.7. The van der Waals surface area contributed by atoms with Gasteiger partial charge < -0.3 is 10.2 Å². The molecule has 1 saturated heterocycles. The molecule has 6 heteroatoms. The van der Waals surface area contributed by atoms with Crippen LogP contribution >= 0.6 is 0 Å². The molecule has 0 radical (unpaired) electrons. The van der Waals surface area contributed by atoms with Crippen LogP contribution in [0.15, 0.2) is 24.3 Å². The Morgan fingerprint density at radius 2 is 1.75 bits per heavy atom. The Bertz CT molecular complexity index is 762. The molecular weight excluding hydrogens is 353 g/mol. The van der Waals surface area contributed by atoms with Crippen LogP contribution < -0.4 is 10.2 Å². The molecule has 1 aromatic carbocycles. The maximum absolute atomic E-state index is 13.1. The van der Waals surface area contributed by atoms with Crippen molar-refractivity contribution in [2.24, 2.45) is 7.05 Å². The molecule has 1 aromatic heterocycles. The largest absolute Gasteiger partial charge is 0.370 e. The summed E-state index contributed by atoms with van der Waals surface area (Å²) in [6.45, 7) is 6.38. The van der Waals surface area contributed by atoms with E-state index in [0.717, 1.165) is 51.4 Å². The zero-order valence-corrected chi connectivity index (χ0v) is 17.0. The van der Waals surface area contributed by atoms with Crippen LogP contribution in [0.25, 0.3) is 0 Å². The molecule has 1 aliphatic carbocycles. The standard InChI is InChI=1S/C22H32FN5/c1-26-22(20-6-2-3-7-21(20)25-26)24-12-4-5-13-27-14-16-28(17-15-27)19-10-8-18(23)9-11-19/h8-11,24H,2-7,12-17H2,1H3. The fraction of sp³-hybridized carbons (Fsp3) is 0.591. The van der Waals surface area contributed by atoms with E-state index in [1.807, 2.05) is 16.8 Å². The highest BCUT2D eigenvalue weighted by atomic mass is 19.1. The smallest absolute Gasteiger partial charge is 0.127 e. The van der Waals surface area contributed by atoms with Crippen molar-refractivity contribution in [3.8, 4) is 0 Å². The van der Waals surface area contributed by atoms with Gasteiger partial charge in [-0.3, -0.25) is 9.58 Å². The van der Waals surface area contributed by atoms with Crippen LogP contribution in [0.4, 0.5) is 15.9 Å². The number of rotatable bonds is 7. The molecule has 2 heterocycles. The van der Waals surface area contributed by atoms with Gasteiger partial charge in [0.1, 0.15) is 11.6 Å². The molecule has 1 aliphatic heterocycles. The van der Waals surface area contributed by atoms with Gasteiger partial charge in [0, 0.05) is 51.0 Å². The van der Waals surface area contributed by atoms with Crippen molar-refractivity contribution < 1.29 is 4.39 Å². The molecule has 1 fully saturated rings. The second kappa shape index (κ2) is 8.95. The zero-order valence-electron chi connectivity index (χ0n) is 17.0. The predicted octanol–water partition coefficient (Wildman–Crippen LogP) is 3.45. The fourth-order valence-electron chi connectivity index (χ4n) is 4.45. The van der Waals surface area contributed by atoms with Gasteiger partial charge >= 0.3 is 0 Å². The first-order valence-corrected chi connectivity index (χ1v) is 10.7. The number of piperazine rings is 1. The lowest BCUT2D eigenvalue weighted by Gasteiger charge is -2.36. The van der Waals surface area contributed by atoms with Crippen molar-refractivity contribution in [2.45, 2.75) is 38.5 Å².